The van der Waals surface area contributed by atoms with E-state index in [1.54, 1.807) is 28.1 Å². The number of carbonyl (C=O) groups excluding carboxylic acids is 1. The first kappa shape index (κ1) is 35.7. The maximum atomic E-state index is 13.1. The largest absolute Gasteiger partial charge is 0.497 e. The van der Waals surface area contributed by atoms with Crippen LogP contribution in [0.25, 0.3) is 11.2 Å². The number of H-pyrrole nitrogens is 1. The SMILES string of the molecule is CCCO[C@@H]1[C@H](O)[C@@H](C(O)C(c2ccccc2)(c2ccc(OC)cc2)c2ccc(OC)cc2)O[C@H]1n1cnc2c(=O)[nH]c(NC(=O)C(C)C)nc21. The lowest BCUT2D eigenvalue weighted by atomic mass is 9.64. The van der Waals surface area contributed by atoms with Crippen LogP contribution in [0.15, 0.2) is 90.0 Å². The Morgan fingerprint density at radius 1 is 0.980 bits per heavy atom. The van der Waals surface area contributed by atoms with Crippen LogP contribution in [0.2, 0.25) is 0 Å². The molecule has 1 saturated heterocycles. The molecular formula is C38H43N5O8. The van der Waals surface area contributed by atoms with Crippen LogP contribution in [0.1, 0.15) is 50.1 Å². The number of ether oxygens (including phenoxy) is 4. The van der Waals surface area contributed by atoms with Gasteiger partial charge in [-0.25, -0.2) is 4.98 Å². The number of aromatic amines is 1. The molecule has 4 N–H and O–H groups in total. The van der Waals surface area contributed by atoms with E-state index in [0.29, 0.717) is 29.0 Å². The molecule has 0 saturated carbocycles. The lowest BCUT2D eigenvalue weighted by molar-refractivity contribution is -0.118. The third-order valence-electron chi connectivity index (χ3n) is 9.31. The van der Waals surface area contributed by atoms with Crippen molar-refractivity contribution in [2.75, 3.05) is 26.1 Å². The zero-order valence-corrected chi connectivity index (χ0v) is 29.1. The summed E-state index contributed by atoms with van der Waals surface area (Å²) >= 11 is 0. The molecule has 3 aromatic carbocycles. The predicted molar refractivity (Wildman–Crippen MR) is 190 cm³/mol. The first-order valence-electron chi connectivity index (χ1n) is 16.9. The number of hydrogen-bond acceptors (Lipinski definition) is 10. The Bertz CT molecular complexity index is 1950. The average molecular weight is 698 g/mol. The Balaban J connectivity index is 1.51. The van der Waals surface area contributed by atoms with Crippen LogP contribution >= 0.6 is 0 Å². The molecule has 1 amide bonds. The van der Waals surface area contributed by atoms with Crippen molar-refractivity contribution in [1.29, 1.82) is 0 Å². The van der Waals surface area contributed by atoms with Gasteiger partial charge >= 0.3 is 0 Å². The van der Waals surface area contributed by atoms with Crippen molar-refractivity contribution in [2.45, 2.75) is 63.3 Å². The molecule has 268 valence electrons. The van der Waals surface area contributed by atoms with E-state index in [9.17, 15) is 19.8 Å². The van der Waals surface area contributed by atoms with Gasteiger partial charge in [0.15, 0.2) is 17.4 Å². The Hall–Kier alpha value is -5.08. The van der Waals surface area contributed by atoms with Crippen molar-refractivity contribution < 1.29 is 34.0 Å². The standard InChI is InChI=1S/C38H43N5O8/c1-6-20-50-31-29(44)30(51-36(31)43-21-39-28-33(43)40-37(42-35(28)47)41-34(46)22(2)3)32(45)38(23-10-8-7-9-11-23,24-12-16-26(48-4)17-13-24)25-14-18-27(49-5)19-15-25/h7-19,21-22,29-32,36,44-45H,6,20H2,1-5H3,(H2,40,41,42,46,47)/t29-,30+,31-,32?,36-/m1/s1. The van der Waals surface area contributed by atoms with Crippen molar-refractivity contribution in [3.63, 3.8) is 0 Å². The van der Waals surface area contributed by atoms with Gasteiger partial charge in [0.1, 0.15) is 35.9 Å². The van der Waals surface area contributed by atoms with E-state index in [2.05, 4.69) is 20.3 Å². The summed E-state index contributed by atoms with van der Waals surface area (Å²) in [5.41, 5.74) is 0.412. The fourth-order valence-corrected chi connectivity index (χ4v) is 6.69. The summed E-state index contributed by atoms with van der Waals surface area (Å²) in [6.07, 6.45) is -4.05. The number of methoxy groups -OCH3 is 2. The second-order valence-electron chi connectivity index (χ2n) is 12.8. The van der Waals surface area contributed by atoms with Crippen molar-refractivity contribution in [3.05, 3.63) is 112 Å². The first-order chi connectivity index (χ1) is 24.6. The number of imidazole rings is 1. The van der Waals surface area contributed by atoms with Crippen LogP contribution < -0.4 is 20.3 Å². The maximum Gasteiger partial charge on any atom is 0.280 e. The summed E-state index contributed by atoms with van der Waals surface area (Å²) in [5.74, 6) is 0.510. The summed E-state index contributed by atoms with van der Waals surface area (Å²) in [4.78, 5) is 36.9. The number of carbonyl (C=O) groups is 1. The molecule has 13 nitrogen and oxygen atoms in total. The minimum absolute atomic E-state index is 0.00368. The molecule has 0 radical (unpaired) electrons. The molecule has 1 fully saturated rings. The highest BCUT2D eigenvalue weighted by Gasteiger charge is 2.56. The highest BCUT2D eigenvalue weighted by atomic mass is 16.6. The number of aromatic nitrogens is 4. The van der Waals surface area contributed by atoms with Gasteiger partial charge in [-0.15, -0.1) is 0 Å². The predicted octanol–water partition coefficient (Wildman–Crippen LogP) is 4.18. The zero-order valence-electron chi connectivity index (χ0n) is 29.1. The number of fused-ring (bicyclic) bond motifs is 1. The van der Waals surface area contributed by atoms with E-state index in [0.717, 1.165) is 5.56 Å². The third kappa shape index (κ3) is 6.61. The molecular weight excluding hydrogens is 654 g/mol. The molecule has 5 atom stereocenters. The Morgan fingerprint density at radius 2 is 1.57 bits per heavy atom. The molecule has 5 aromatic rings. The monoisotopic (exact) mass is 697 g/mol. The molecule has 1 aliphatic rings. The van der Waals surface area contributed by atoms with Crippen LogP contribution in [-0.2, 0) is 19.7 Å². The van der Waals surface area contributed by atoms with Crippen LogP contribution in [0.4, 0.5) is 5.95 Å². The lowest BCUT2D eigenvalue weighted by Crippen LogP contribution is -2.52. The summed E-state index contributed by atoms with van der Waals surface area (Å²) in [5, 5.41) is 27.7. The molecule has 3 heterocycles. The highest BCUT2D eigenvalue weighted by molar-refractivity contribution is 5.91. The van der Waals surface area contributed by atoms with Gasteiger partial charge in [-0.3, -0.25) is 24.5 Å². The molecule has 13 heteroatoms. The number of aliphatic hydroxyl groups is 2. The molecule has 0 bridgehead atoms. The molecule has 1 unspecified atom stereocenters. The van der Waals surface area contributed by atoms with Crippen LogP contribution in [-0.4, -0.2) is 80.9 Å². The summed E-state index contributed by atoms with van der Waals surface area (Å²) in [6, 6.07) is 24.3. The molecule has 2 aromatic heterocycles. The summed E-state index contributed by atoms with van der Waals surface area (Å²) < 4.78 is 25.3. The van der Waals surface area contributed by atoms with Crippen molar-refractivity contribution in [1.82, 2.24) is 19.5 Å². The molecule has 6 rings (SSSR count). The average Bonchev–Trinajstić information content (AvgIpc) is 3.72. The van der Waals surface area contributed by atoms with Gasteiger partial charge in [-0.05, 0) is 47.4 Å². The third-order valence-corrected chi connectivity index (χ3v) is 9.31. The number of nitrogens with zero attached hydrogens (tertiary/aromatic N) is 3. The van der Waals surface area contributed by atoms with Gasteiger partial charge in [-0.2, -0.15) is 4.98 Å². The molecule has 0 spiro atoms. The van der Waals surface area contributed by atoms with Gasteiger partial charge in [0.05, 0.1) is 26.0 Å². The summed E-state index contributed by atoms with van der Waals surface area (Å²) in [6.45, 7) is 5.66. The number of amides is 1. The van der Waals surface area contributed by atoms with Crippen molar-refractivity contribution >= 4 is 23.0 Å². The number of nitrogens with one attached hydrogen (secondary N) is 2. The number of aliphatic hydroxyl groups excluding tert-OH is 2. The van der Waals surface area contributed by atoms with Crippen molar-refractivity contribution in [3.8, 4) is 11.5 Å². The molecule has 1 aliphatic heterocycles. The maximum absolute atomic E-state index is 13.1. The minimum Gasteiger partial charge on any atom is -0.497 e. The number of hydrogen-bond donors (Lipinski definition) is 4. The Morgan fingerprint density at radius 3 is 2.12 bits per heavy atom. The first-order valence-corrected chi connectivity index (χ1v) is 16.9. The Kier molecular flexibility index (Phi) is 10.5. The minimum atomic E-state index is -1.42. The van der Waals surface area contributed by atoms with E-state index in [1.165, 1.54) is 10.9 Å². The van der Waals surface area contributed by atoms with Gasteiger partial charge in [0.25, 0.3) is 5.56 Å². The number of rotatable bonds is 13. The van der Waals surface area contributed by atoms with Gasteiger partial charge < -0.3 is 29.2 Å². The van der Waals surface area contributed by atoms with Crippen LogP contribution in [0, 0.1) is 5.92 Å². The lowest BCUT2D eigenvalue weighted by Gasteiger charge is -2.43. The van der Waals surface area contributed by atoms with E-state index in [-0.39, 0.29) is 35.5 Å². The zero-order chi connectivity index (χ0) is 36.3. The summed E-state index contributed by atoms with van der Waals surface area (Å²) in [7, 11) is 3.17. The van der Waals surface area contributed by atoms with E-state index in [4.69, 9.17) is 18.9 Å². The van der Waals surface area contributed by atoms with E-state index in [1.807, 2.05) is 85.8 Å². The fraction of sp³-hybridized carbons (Fsp3) is 0.368. The smallest absolute Gasteiger partial charge is 0.280 e. The second-order valence-corrected chi connectivity index (χ2v) is 12.8. The molecule has 0 aliphatic carbocycles. The van der Waals surface area contributed by atoms with E-state index < -0.39 is 41.6 Å². The van der Waals surface area contributed by atoms with Crippen LogP contribution in [0.3, 0.4) is 0 Å². The number of benzene rings is 3. The van der Waals surface area contributed by atoms with E-state index >= 15 is 0 Å². The quantitative estimate of drug-likeness (QED) is 0.131. The van der Waals surface area contributed by atoms with Crippen LogP contribution in [0.5, 0.6) is 11.5 Å². The van der Waals surface area contributed by atoms with Crippen molar-refractivity contribution in [2.24, 2.45) is 5.92 Å². The normalized spacial score (nSPS) is 19.7. The van der Waals surface area contributed by atoms with Gasteiger partial charge in [-0.1, -0.05) is 75.4 Å². The Labute approximate surface area is 295 Å². The highest BCUT2D eigenvalue weighted by Crippen LogP contribution is 2.48. The second kappa shape index (κ2) is 15.0. The molecule has 51 heavy (non-hydrogen) atoms. The fourth-order valence-electron chi connectivity index (χ4n) is 6.69. The van der Waals surface area contributed by atoms with Gasteiger partial charge in [0.2, 0.25) is 11.9 Å². The number of anilines is 1. The van der Waals surface area contributed by atoms with Gasteiger partial charge in [0, 0.05) is 12.5 Å². The topological polar surface area (TPSA) is 170 Å².